The van der Waals surface area contributed by atoms with Crippen molar-refractivity contribution in [3.63, 3.8) is 0 Å². The van der Waals surface area contributed by atoms with Crippen LogP contribution in [0.25, 0.3) is 0 Å². The molecule has 1 N–H and O–H groups in total. The minimum Gasteiger partial charge on any atom is -0.336 e. The van der Waals surface area contributed by atoms with Crippen LogP contribution in [0.2, 0.25) is 0 Å². The highest BCUT2D eigenvalue weighted by Crippen LogP contribution is 2.14. The molecular weight excluding hydrogens is 340 g/mol. The molecule has 0 aliphatic carbocycles. The minimum atomic E-state index is -0.0952. The molecule has 0 radical (unpaired) electrons. The van der Waals surface area contributed by atoms with Crippen LogP contribution in [0.4, 0.5) is 4.79 Å². The van der Waals surface area contributed by atoms with E-state index in [4.69, 9.17) is 0 Å². The highest BCUT2D eigenvalue weighted by Gasteiger charge is 2.28. The molecule has 1 aromatic heterocycles. The third kappa shape index (κ3) is 5.06. The topological polar surface area (TPSA) is 65.5 Å². The van der Waals surface area contributed by atoms with E-state index in [2.05, 4.69) is 22.4 Å². The van der Waals surface area contributed by atoms with Crippen molar-refractivity contribution in [1.29, 1.82) is 0 Å². The first kappa shape index (κ1) is 18.9. The lowest BCUT2D eigenvalue weighted by molar-refractivity contribution is 0.0788. The van der Waals surface area contributed by atoms with Crippen LogP contribution in [0, 0.1) is 6.92 Å². The number of aromatic nitrogens is 1. The molecule has 0 bridgehead atoms. The van der Waals surface area contributed by atoms with Gasteiger partial charge in [0.05, 0.1) is 5.56 Å². The summed E-state index contributed by atoms with van der Waals surface area (Å²) < 4.78 is 0. The maximum absolute atomic E-state index is 12.5. The number of benzene rings is 1. The number of nitrogens with zero attached hydrogens (tertiary/aromatic N) is 3. The SMILES string of the molecule is Cc1ccc(C(=O)N2CC[C@@H](NC(=O)N(C)CCc3ccccc3)C2)cn1. The third-order valence-corrected chi connectivity index (χ3v) is 4.89. The Morgan fingerprint density at radius 3 is 2.70 bits per heavy atom. The monoisotopic (exact) mass is 366 g/mol. The van der Waals surface area contributed by atoms with Gasteiger partial charge in [-0.05, 0) is 37.5 Å². The van der Waals surface area contributed by atoms with Crippen molar-refractivity contribution in [3.05, 3.63) is 65.5 Å². The van der Waals surface area contributed by atoms with Gasteiger partial charge in [0.2, 0.25) is 0 Å². The highest BCUT2D eigenvalue weighted by atomic mass is 16.2. The largest absolute Gasteiger partial charge is 0.336 e. The van der Waals surface area contributed by atoms with E-state index in [9.17, 15) is 9.59 Å². The van der Waals surface area contributed by atoms with Crippen LogP contribution in [0.1, 0.15) is 28.0 Å². The first-order chi connectivity index (χ1) is 13.0. The van der Waals surface area contributed by atoms with Crippen molar-refractivity contribution in [2.75, 3.05) is 26.7 Å². The van der Waals surface area contributed by atoms with E-state index in [-0.39, 0.29) is 18.0 Å². The molecule has 0 spiro atoms. The van der Waals surface area contributed by atoms with Crippen LogP contribution in [-0.2, 0) is 6.42 Å². The van der Waals surface area contributed by atoms with Gasteiger partial charge in [-0.25, -0.2) is 4.79 Å². The number of carbonyl (C=O) groups is 2. The van der Waals surface area contributed by atoms with Crippen molar-refractivity contribution in [2.45, 2.75) is 25.8 Å². The summed E-state index contributed by atoms with van der Waals surface area (Å²) in [5.74, 6) is -0.0309. The summed E-state index contributed by atoms with van der Waals surface area (Å²) in [6, 6.07) is 13.6. The number of nitrogens with one attached hydrogen (secondary N) is 1. The zero-order valence-electron chi connectivity index (χ0n) is 15.9. The number of hydrogen-bond donors (Lipinski definition) is 1. The Hall–Kier alpha value is -2.89. The van der Waals surface area contributed by atoms with Crippen molar-refractivity contribution in [2.24, 2.45) is 0 Å². The molecule has 142 valence electrons. The van der Waals surface area contributed by atoms with Gasteiger partial charge in [-0.3, -0.25) is 9.78 Å². The first-order valence-electron chi connectivity index (χ1n) is 9.30. The zero-order valence-corrected chi connectivity index (χ0v) is 15.9. The van der Waals surface area contributed by atoms with E-state index in [0.29, 0.717) is 25.2 Å². The van der Waals surface area contributed by atoms with Gasteiger partial charge >= 0.3 is 6.03 Å². The summed E-state index contributed by atoms with van der Waals surface area (Å²) in [6.45, 7) is 3.72. The van der Waals surface area contributed by atoms with Gasteiger partial charge in [0.15, 0.2) is 0 Å². The minimum absolute atomic E-state index is 0.0148. The molecule has 3 amide bonds. The van der Waals surface area contributed by atoms with Gasteiger partial charge < -0.3 is 15.1 Å². The summed E-state index contributed by atoms with van der Waals surface area (Å²) in [5, 5.41) is 3.04. The third-order valence-electron chi connectivity index (χ3n) is 4.89. The first-order valence-corrected chi connectivity index (χ1v) is 9.30. The van der Waals surface area contributed by atoms with Crippen LogP contribution in [0.3, 0.4) is 0 Å². The Balaban J connectivity index is 1.46. The Labute approximate surface area is 160 Å². The Morgan fingerprint density at radius 1 is 1.22 bits per heavy atom. The average Bonchev–Trinajstić information content (AvgIpc) is 3.15. The van der Waals surface area contributed by atoms with Crippen molar-refractivity contribution in [1.82, 2.24) is 20.1 Å². The smallest absolute Gasteiger partial charge is 0.317 e. The molecule has 1 aliphatic heterocycles. The lowest BCUT2D eigenvalue weighted by Gasteiger charge is -2.21. The number of likely N-dealkylation sites (tertiary alicyclic amines) is 1. The molecule has 2 aromatic rings. The van der Waals surface area contributed by atoms with E-state index < -0.39 is 0 Å². The number of urea groups is 1. The van der Waals surface area contributed by atoms with Gasteiger partial charge in [0.1, 0.15) is 0 Å². The molecule has 1 fully saturated rings. The summed E-state index contributed by atoms with van der Waals surface area (Å²) >= 11 is 0. The fraction of sp³-hybridized carbons (Fsp3) is 0.381. The number of likely N-dealkylation sites (N-methyl/N-ethyl adjacent to an activating group) is 1. The summed E-state index contributed by atoms with van der Waals surface area (Å²) in [6.07, 6.45) is 3.20. The lowest BCUT2D eigenvalue weighted by atomic mass is 10.1. The number of rotatable bonds is 5. The van der Waals surface area contributed by atoms with E-state index >= 15 is 0 Å². The zero-order chi connectivity index (χ0) is 19.2. The molecule has 1 aliphatic rings. The molecule has 27 heavy (non-hydrogen) atoms. The normalized spacial score (nSPS) is 16.2. The van der Waals surface area contributed by atoms with E-state index in [0.717, 1.165) is 18.5 Å². The second-order valence-electron chi connectivity index (χ2n) is 7.03. The second kappa shape index (κ2) is 8.66. The maximum atomic E-state index is 12.5. The summed E-state index contributed by atoms with van der Waals surface area (Å²) in [5.41, 5.74) is 2.69. The highest BCUT2D eigenvalue weighted by molar-refractivity contribution is 5.94. The number of hydrogen-bond acceptors (Lipinski definition) is 3. The molecule has 2 heterocycles. The summed E-state index contributed by atoms with van der Waals surface area (Å²) in [7, 11) is 1.80. The Morgan fingerprint density at radius 2 is 2.00 bits per heavy atom. The fourth-order valence-electron chi connectivity index (χ4n) is 3.17. The average molecular weight is 366 g/mol. The molecule has 6 nitrogen and oxygen atoms in total. The predicted octanol–water partition coefficient (Wildman–Crippen LogP) is 2.49. The van der Waals surface area contributed by atoms with Gasteiger partial charge in [-0.1, -0.05) is 30.3 Å². The van der Waals surface area contributed by atoms with E-state index in [1.807, 2.05) is 31.2 Å². The molecular formula is C21H26N4O2. The van der Waals surface area contributed by atoms with Gasteiger partial charge in [-0.15, -0.1) is 0 Å². The van der Waals surface area contributed by atoms with Crippen molar-refractivity contribution < 1.29 is 9.59 Å². The van der Waals surface area contributed by atoms with Crippen LogP contribution in [-0.4, -0.2) is 59.4 Å². The van der Waals surface area contributed by atoms with Gasteiger partial charge in [0, 0.05) is 44.6 Å². The molecule has 6 heteroatoms. The predicted molar refractivity (Wildman–Crippen MR) is 105 cm³/mol. The Kier molecular flexibility index (Phi) is 6.06. The van der Waals surface area contributed by atoms with Gasteiger partial charge in [-0.2, -0.15) is 0 Å². The number of pyridine rings is 1. The molecule has 1 aromatic carbocycles. The second-order valence-corrected chi connectivity index (χ2v) is 7.03. The number of aryl methyl sites for hydroxylation is 1. The molecule has 1 saturated heterocycles. The van der Waals surface area contributed by atoms with Crippen LogP contribution in [0.5, 0.6) is 0 Å². The van der Waals surface area contributed by atoms with E-state index in [1.54, 1.807) is 29.1 Å². The van der Waals surface area contributed by atoms with Gasteiger partial charge in [0.25, 0.3) is 5.91 Å². The standard InChI is InChI=1S/C21H26N4O2/c1-16-8-9-18(14-22-16)20(26)25-13-11-19(15-25)23-21(27)24(2)12-10-17-6-4-3-5-7-17/h3-9,14,19H,10-13,15H2,1-2H3,(H,23,27)/t19-/m1/s1. The van der Waals surface area contributed by atoms with E-state index in [1.165, 1.54) is 5.56 Å². The number of carbonyl (C=O) groups excluding carboxylic acids is 2. The molecule has 3 rings (SSSR count). The van der Waals surface area contributed by atoms with Crippen LogP contribution < -0.4 is 5.32 Å². The molecule has 0 saturated carbocycles. The quantitative estimate of drug-likeness (QED) is 0.884. The lowest BCUT2D eigenvalue weighted by Crippen LogP contribution is -2.45. The molecule has 1 atom stereocenters. The summed E-state index contributed by atoms with van der Waals surface area (Å²) in [4.78, 5) is 32.6. The van der Waals surface area contributed by atoms with Crippen molar-refractivity contribution in [3.8, 4) is 0 Å². The number of amides is 3. The fourth-order valence-corrected chi connectivity index (χ4v) is 3.17. The Bertz CT molecular complexity index is 777. The maximum Gasteiger partial charge on any atom is 0.317 e. The van der Waals surface area contributed by atoms with Crippen LogP contribution >= 0.6 is 0 Å². The molecule has 0 unspecified atom stereocenters. The van der Waals surface area contributed by atoms with Crippen LogP contribution in [0.15, 0.2) is 48.7 Å². The van der Waals surface area contributed by atoms with Crippen molar-refractivity contribution >= 4 is 11.9 Å².